The van der Waals surface area contributed by atoms with E-state index in [0.29, 0.717) is 5.56 Å². The van der Waals surface area contributed by atoms with Gasteiger partial charge in [-0.2, -0.15) is 0 Å². The number of carbonyl (C=O) groups excluding carboxylic acids is 1. The SMILES string of the molecule is NC(=O)C(N)(c1ccccc1)c1cccc([N+](=O)[O-])c1. The molecule has 1 amide bonds. The van der Waals surface area contributed by atoms with Gasteiger partial charge < -0.3 is 11.5 Å². The molecule has 0 aliphatic carbocycles. The number of primary amides is 1. The van der Waals surface area contributed by atoms with Crippen LogP contribution in [0.25, 0.3) is 0 Å². The Morgan fingerprint density at radius 1 is 1.05 bits per heavy atom. The minimum Gasteiger partial charge on any atom is -0.367 e. The standard InChI is InChI=1S/C14H13N3O3/c15-13(18)14(16,10-5-2-1-3-6-10)11-7-4-8-12(9-11)17(19)20/h1-9H,16H2,(H2,15,18). The van der Waals surface area contributed by atoms with Crippen molar-refractivity contribution in [2.75, 3.05) is 0 Å². The largest absolute Gasteiger partial charge is 0.367 e. The zero-order chi connectivity index (χ0) is 14.8. The summed E-state index contributed by atoms with van der Waals surface area (Å²) in [6.45, 7) is 0. The van der Waals surface area contributed by atoms with Crippen LogP contribution in [-0.2, 0) is 10.3 Å². The van der Waals surface area contributed by atoms with Gasteiger partial charge in [0.2, 0.25) is 5.91 Å². The third-order valence-electron chi connectivity index (χ3n) is 3.13. The number of rotatable bonds is 4. The monoisotopic (exact) mass is 271 g/mol. The number of nitrogens with two attached hydrogens (primary N) is 2. The summed E-state index contributed by atoms with van der Waals surface area (Å²) >= 11 is 0. The molecular weight excluding hydrogens is 258 g/mol. The molecule has 0 aliphatic rings. The van der Waals surface area contributed by atoms with E-state index in [2.05, 4.69) is 0 Å². The van der Waals surface area contributed by atoms with Crippen molar-refractivity contribution >= 4 is 11.6 Å². The van der Waals surface area contributed by atoms with Crippen LogP contribution in [0, 0.1) is 10.1 Å². The normalized spacial score (nSPS) is 13.4. The summed E-state index contributed by atoms with van der Waals surface area (Å²) < 4.78 is 0. The van der Waals surface area contributed by atoms with Crippen molar-refractivity contribution in [3.8, 4) is 0 Å². The van der Waals surface area contributed by atoms with Crippen molar-refractivity contribution in [2.45, 2.75) is 5.54 Å². The average Bonchev–Trinajstić information content (AvgIpc) is 2.47. The van der Waals surface area contributed by atoms with Gasteiger partial charge in [0.15, 0.2) is 0 Å². The molecule has 6 nitrogen and oxygen atoms in total. The summed E-state index contributed by atoms with van der Waals surface area (Å²) in [5.74, 6) is -0.774. The van der Waals surface area contributed by atoms with Crippen LogP contribution in [0.5, 0.6) is 0 Å². The van der Waals surface area contributed by atoms with E-state index in [1.54, 1.807) is 36.4 Å². The lowest BCUT2D eigenvalue weighted by molar-refractivity contribution is -0.384. The lowest BCUT2D eigenvalue weighted by Crippen LogP contribution is -2.50. The first-order chi connectivity index (χ1) is 9.46. The summed E-state index contributed by atoms with van der Waals surface area (Å²) in [4.78, 5) is 22.1. The minimum absolute atomic E-state index is 0.144. The fraction of sp³-hybridized carbons (Fsp3) is 0.0714. The number of benzene rings is 2. The van der Waals surface area contributed by atoms with E-state index >= 15 is 0 Å². The number of nitrogens with zero attached hydrogens (tertiary/aromatic N) is 1. The van der Waals surface area contributed by atoms with Crippen LogP contribution in [-0.4, -0.2) is 10.8 Å². The molecule has 0 saturated carbocycles. The van der Waals surface area contributed by atoms with E-state index in [0.717, 1.165) is 0 Å². The summed E-state index contributed by atoms with van der Waals surface area (Å²) in [5, 5.41) is 10.8. The Morgan fingerprint density at radius 2 is 1.65 bits per heavy atom. The van der Waals surface area contributed by atoms with Crippen molar-refractivity contribution in [3.63, 3.8) is 0 Å². The zero-order valence-electron chi connectivity index (χ0n) is 10.5. The molecule has 2 rings (SSSR count). The number of hydrogen-bond acceptors (Lipinski definition) is 4. The maximum absolute atomic E-state index is 11.8. The molecule has 0 fully saturated rings. The lowest BCUT2D eigenvalue weighted by atomic mass is 9.83. The fourth-order valence-corrected chi connectivity index (χ4v) is 2.02. The molecule has 0 heterocycles. The van der Waals surface area contributed by atoms with Gasteiger partial charge in [-0.1, -0.05) is 42.5 Å². The molecule has 2 aromatic carbocycles. The van der Waals surface area contributed by atoms with E-state index in [1.807, 2.05) is 0 Å². The predicted molar refractivity (Wildman–Crippen MR) is 73.7 cm³/mol. The van der Waals surface area contributed by atoms with Gasteiger partial charge in [0, 0.05) is 12.1 Å². The third kappa shape index (κ3) is 2.24. The van der Waals surface area contributed by atoms with Gasteiger partial charge >= 0.3 is 0 Å². The summed E-state index contributed by atoms with van der Waals surface area (Å²) in [6, 6.07) is 14.1. The second-order valence-electron chi connectivity index (χ2n) is 4.35. The van der Waals surface area contributed by atoms with Crippen molar-refractivity contribution < 1.29 is 9.72 Å². The number of hydrogen-bond donors (Lipinski definition) is 2. The maximum Gasteiger partial charge on any atom is 0.269 e. The van der Waals surface area contributed by atoms with Crippen LogP contribution in [0.4, 0.5) is 5.69 Å². The van der Waals surface area contributed by atoms with Gasteiger partial charge in [-0.25, -0.2) is 0 Å². The first-order valence-electron chi connectivity index (χ1n) is 5.85. The van der Waals surface area contributed by atoms with Gasteiger partial charge in [0.25, 0.3) is 5.69 Å². The second-order valence-corrected chi connectivity index (χ2v) is 4.35. The molecule has 0 radical (unpaired) electrons. The van der Waals surface area contributed by atoms with Gasteiger partial charge in [-0.15, -0.1) is 0 Å². The molecule has 20 heavy (non-hydrogen) atoms. The molecule has 6 heteroatoms. The van der Waals surface area contributed by atoms with Crippen molar-refractivity contribution in [3.05, 3.63) is 75.8 Å². The van der Waals surface area contributed by atoms with Gasteiger partial charge in [-0.05, 0) is 11.1 Å². The number of amides is 1. The zero-order valence-corrected chi connectivity index (χ0v) is 10.5. The molecule has 4 N–H and O–H groups in total. The van der Waals surface area contributed by atoms with Crippen LogP contribution in [0.15, 0.2) is 54.6 Å². The van der Waals surface area contributed by atoms with Crippen LogP contribution in [0.3, 0.4) is 0 Å². The van der Waals surface area contributed by atoms with Gasteiger partial charge in [-0.3, -0.25) is 14.9 Å². The van der Waals surface area contributed by atoms with Crippen LogP contribution < -0.4 is 11.5 Å². The Morgan fingerprint density at radius 3 is 2.20 bits per heavy atom. The smallest absolute Gasteiger partial charge is 0.269 e. The molecule has 2 aromatic rings. The Labute approximate surface area is 115 Å². The van der Waals surface area contributed by atoms with Crippen LogP contribution in [0.1, 0.15) is 11.1 Å². The summed E-state index contributed by atoms with van der Waals surface area (Å²) in [7, 11) is 0. The topological polar surface area (TPSA) is 112 Å². The first kappa shape index (κ1) is 13.7. The van der Waals surface area contributed by atoms with Gasteiger partial charge in [0.1, 0.15) is 5.54 Å². The maximum atomic E-state index is 11.8. The van der Waals surface area contributed by atoms with E-state index in [-0.39, 0.29) is 11.3 Å². The average molecular weight is 271 g/mol. The fourth-order valence-electron chi connectivity index (χ4n) is 2.02. The van der Waals surface area contributed by atoms with E-state index in [4.69, 9.17) is 11.5 Å². The summed E-state index contributed by atoms with van der Waals surface area (Å²) in [6.07, 6.45) is 0. The number of nitro benzene ring substituents is 1. The molecule has 0 saturated heterocycles. The van der Waals surface area contributed by atoms with Crippen LogP contribution in [0.2, 0.25) is 0 Å². The highest BCUT2D eigenvalue weighted by molar-refractivity contribution is 5.90. The van der Waals surface area contributed by atoms with Crippen LogP contribution >= 0.6 is 0 Å². The van der Waals surface area contributed by atoms with E-state index in [9.17, 15) is 14.9 Å². The molecular formula is C14H13N3O3. The highest BCUT2D eigenvalue weighted by atomic mass is 16.6. The van der Waals surface area contributed by atoms with E-state index < -0.39 is 16.4 Å². The Bertz CT molecular complexity index is 658. The number of non-ortho nitro benzene ring substituents is 1. The lowest BCUT2D eigenvalue weighted by Gasteiger charge is -2.26. The highest BCUT2D eigenvalue weighted by Gasteiger charge is 2.36. The molecule has 1 unspecified atom stereocenters. The Balaban J connectivity index is 2.63. The quantitative estimate of drug-likeness (QED) is 0.644. The van der Waals surface area contributed by atoms with E-state index in [1.165, 1.54) is 18.2 Å². The highest BCUT2D eigenvalue weighted by Crippen LogP contribution is 2.29. The number of nitro groups is 1. The van der Waals surface area contributed by atoms with Crippen molar-refractivity contribution in [1.29, 1.82) is 0 Å². The predicted octanol–water partition coefficient (Wildman–Crippen LogP) is 1.28. The molecule has 0 aromatic heterocycles. The van der Waals surface area contributed by atoms with Crippen molar-refractivity contribution in [2.24, 2.45) is 11.5 Å². The van der Waals surface area contributed by atoms with Crippen molar-refractivity contribution in [1.82, 2.24) is 0 Å². The third-order valence-corrected chi connectivity index (χ3v) is 3.13. The minimum atomic E-state index is -1.60. The molecule has 102 valence electrons. The molecule has 0 spiro atoms. The molecule has 0 aliphatic heterocycles. The first-order valence-corrected chi connectivity index (χ1v) is 5.85. The summed E-state index contributed by atoms with van der Waals surface area (Å²) in [5.41, 5.74) is 10.6. The number of carbonyl (C=O) groups is 1. The second kappa shape index (κ2) is 5.10. The van der Waals surface area contributed by atoms with Gasteiger partial charge in [0.05, 0.1) is 4.92 Å². The Hall–Kier alpha value is -2.73. The Kier molecular flexibility index (Phi) is 3.49. The molecule has 0 bridgehead atoms. The molecule has 1 atom stereocenters.